The Morgan fingerprint density at radius 2 is 1.67 bits per heavy atom. The lowest BCUT2D eigenvalue weighted by atomic mass is 10.1. The van der Waals surface area contributed by atoms with Crippen LogP contribution in [0.2, 0.25) is 0 Å². The molecule has 2 fully saturated rings. The molecule has 1 aromatic rings. The van der Waals surface area contributed by atoms with Gasteiger partial charge in [0.1, 0.15) is 0 Å². The van der Waals surface area contributed by atoms with Gasteiger partial charge in [-0.1, -0.05) is 12.1 Å². The maximum Gasteiger partial charge on any atom is 0.218 e. The molecule has 2 N–H and O–H groups in total. The van der Waals surface area contributed by atoms with Crippen LogP contribution in [0.5, 0.6) is 0 Å². The number of nitrogens with zero attached hydrogens (tertiary/aromatic N) is 1. The predicted octanol–water partition coefficient (Wildman–Crippen LogP) is 0.937. The van der Waals surface area contributed by atoms with Crippen molar-refractivity contribution in [1.82, 2.24) is 4.31 Å². The molecule has 3 rings (SSSR count). The van der Waals surface area contributed by atoms with Crippen LogP contribution < -0.4 is 5.73 Å². The summed E-state index contributed by atoms with van der Waals surface area (Å²) in [6.07, 6.45) is 1.18. The second kappa shape index (κ2) is 5.57. The molecule has 116 valence electrons. The molecule has 2 aliphatic rings. The van der Waals surface area contributed by atoms with E-state index in [0.29, 0.717) is 44.8 Å². The summed E-state index contributed by atoms with van der Waals surface area (Å²) in [5.41, 5.74) is 6.99. The zero-order valence-corrected chi connectivity index (χ0v) is 12.6. The van der Waals surface area contributed by atoms with E-state index >= 15 is 0 Å². The average molecular weight is 312 g/mol. The number of hydrogen-bond acceptors (Lipinski definition) is 5. The average Bonchev–Trinajstić information content (AvgIpc) is 2.90. The quantitative estimate of drug-likeness (QED) is 0.840. The smallest absolute Gasteiger partial charge is 0.218 e. The van der Waals surface area contributed by atoms with E-state index in [1.165, 1.54) is 4.31 Å². The van der Waals surface area contributed by atoms with Crippen molar-refractivity contribution < 1.29 is 17.9 Å². The number of ether oxygens (including phenoxy) is 2. The zero-order valence-electron chi connectivity index (χ0n) is 11.8. The van der Waals surface area contributed by atoms with E-state index in [1.54, 1.807) is 24.3 Å². The summed E-state index contributed by atoms with van der Waals surface area (Å²) in [7, 11) is -3.31. The van der Waals surface area contributed by atoms with Gasteiger partial charge in [-0.25, -0.2) is 12.7 Å². The van der Waals surface area contributed by atoms with Crippen LogP contribution in [0, 0.1) is 0 Å². The Morgan fingerprint density at radius 3 is 2.24 bits per heavy atom. The summed E-state index contributed by atoms with van der Waals surface area (Å²) >= 11 is 0. The Morgan fingerprint density at radius 1 is 1.10 bits per heavy atom. The molecule has 2 heterocycles. The van der Waals surface area contributed by atoms with Gasteiger partial charge in [-0.05, 0) is 17.7 Å². The van der Waals surface area contributed by atoms with Crippen molar-refractivity contribution in [2.24, 2.45) is 0 Å². The van der Waals surface area contributed by atoms with Gasteiger partial charge in [0.15, 0.2) is 5.79 Å². The minimum absolute atomic E-state index is 0.00198. The number of benzene rings is 1. The summed E-state index contributed by atoms with van der Waals surface area (Å²) in [5, 5.41) is 0. The second-order valence-electron chi connectivity index (χ2n) is 5.50. The lowest BCUT2D eigenvalue weighted by Gasteiger charge is -2.36. The van der Waals surface area contributed by atoms with Crippen LogP contribution in [-0.4, -0.2) is 44.8 Å². The molecule has 0 bridgehead atoms. The standard InChI is InChI=1S/C14H20N2O4S/c15-13-3-1-12(2-4-13)11-21(17,18)16-7-5-14(6-8-16)19-9-10-20-14/h1-4H,5-11,15H2. The van der Waals surface area contributed by atoms with Crippen LogP contribution in [0.25, 0.3) is 0 Å². The van der Waals surface area contributed by atoms with Crippen molar-refractivity contribution >= 4 is 15.7 Å². The Kier molecular flexibility index (Phi) is 3.92. The monoisotopic (exact) mass is 312 g/mol. The van der Waals surface area contributed by atoms with Crippen LogP contribution >= 0.6 is 0 Å². The van der Waals surface area contributed by atoms with Gasteiger partial charge in [-0.15, -0.1) is 0 Å². The number of sulfonamides is 1. The Labute approximate surface area is 124 Å². The second-order valence-corrected chi connectivity index (χ2v) is 7.47. The first-order valence-electron chi connectivity index (χ1n) is 7.09. The number of rotatable bonds is 3. The van der Waals surface area contributed by atoms with Gasteiger partial charge in [0.2, 0.25) is 10.0 Å². The normalized spacial score (nSPS) is 22.7. The summed E-state index contributed by atoms with van der Waals surface area (Å²) in [5.74, 6) is -0.546. The fourth-order valence-corrected chi connectivity index (χ4v) is 4.34. The molecule has 21 heavy (non-hydrogen) atoms. The highest BCUT2D eigenvalue weighted by atomic mass is 32.2. The highest BCUT2D eigenvalue weighted by Crippen LogP contribution is 2.32. The third-order valence-electron chi connectivity index (χ3n) is 4.02. The summed E-state index contributed by atoms with van der Waals surface area (Å²) in [6.45, 7) is 2.07. The molecule has 1 aromatic carbocycles. The molecule has 0 unspecified atom stereocenters. The van der Waals surface area contributed by atoms with E-state index in [9.17, 15) is 8.42 Å². The number of nitrogen functional groups attached to an aromatic ring is 1. The molecule has 0 atom stereocenters. The van der Waals surface area contributed by atoms with Crippen molar-refractivity contribution in [3.05, 3.63) is 29.8 Å². The molecule has 0 aromatic heterocycles. The molecule has 6 nitrogen and oxygen atoms in total. The molecule has 0 saturated carbocycles. The number of piperidine rings is 1. The first-order valence-corrected chi connectivity index (χ1v) is 8.70. The lowest BCUT2D eigenvalue weighted by Crippen LogP contribution is -2.47. The minimum atomic E-state index is -3.31. The van der Waals surface area contributed by atoms with Crippen molar-refractivity contribution in [1.29, 1.82) is 0 Å². The third kappa shape index (κ3) is 3.21. The van der Waals surface area contributed by atoms with Gasteiger partial charge in [0.25, 0.3) is 0 Å². The minimum Gasteiger partial charge on any atom is -0.399 e. The van der Waals surface area contributed by atoms with Crippen molar-refractivity contribution in [2.45, 2.75) is 24.4 Å². The van der Waals surface area contributed by atoms with Gasteiger partial charge in [-0.2, -0.15) is 0 Å². The van der Waals surface area contributed by atoms with Crippen molar-refractivity contribution in [3.8, 4) is 0 Å². The third-order valence-corrected chi connectivity index (χ3v) is 5.87. The molecular formula is C14H20N2O4S. The molecule has 2 aliphatic heterocycles. The molecule has 0 amide bonds. The lowest BCUT2D eigenvalue weighted by molar-refractivity contribution is -0.179. The van der Waals surface area contributed by atoms with E-state index in [0.717, 1.165) is 5.56 Å². The van der Waals surface area contributed by atoms with Crippen LogP contribution in [0.4, 0.5) is 5.69 Å². The summed E-state index contributed by atoms with van der Waals surface area (Å²) < 4.78 is 37.7. The Bertz CT molecular complexity index is 584. The number of anilines is 1. The summed E-state index contributed by atoms with van der Waals surface area (Å²) in [6, 6.07) is 6.94. The molecule has 7 heteroatoms. The van der Waals surface area contributed by atoms with Crippen LogP contribution in [0.3, 0.4) is 0 Å². The first-order chi connectivity index (χ1) is 9.99. The van der Waals surface area contributed by atoms with E-state index in [1.807, 2.05) is 0 Å². The SMILES string of the molecule is Nc1ccc(CS(=O)(=O)N2CCC3(CC2)OCCO3)cc1. The van der Waals surface area contributed by atoms with Crippen LogP contribution in [0.15, 0.2) is 24.3 Å². The number of nitrogens with two attached hydrogens (primary N) is 1. The topological polar surface area (TPSA) is 81.9 Å². The fraction of sp³-hybridized carbons (Fsp3) is 0.571. The van der Waals surface area contributed by atoms with Crippen molar-refractivity contribution in [2.75, 3.05) is 32.0 Å². The largest absolute Gasteiger partial charge is 0.399 e. The molecule has 0 aliphatic carbocycles. The predicted molar refractivity (Wildman–Crippen MR) is 78.9 cm³/mol. The van der Waals surface area contributed by atoms with E-state index in [-0.39, 0.29) is 5.75 Å². The maximum absolute atomic E-state index is 12.5. The van der Waals surface area contributed by atoms with Gasteiger partial charge in [-0.3, -0.25) is 0 Å². The highest BCUT2D eigenvalue weighted by molar-refractivity contribution is 7.88. The molecule has 2 saturated heterocycles. The fourth-order valence-electron chi connectivity index (χ4n) is 2.81. The first kappa shape index (κ1) is 14.8. The molecule has 0 radical (unpaired) electrons. The van der Waals surface area contributed by atoms with Crippen molar-refractivity contribution in [3.63, 3.8) is 0 Å². The van der Waals surface area contributed by atoms with Gasteiger partial charge < -0.3 is 15.2 Å². The highest BCUT2D eigenvalue weighted by Gasteiger charge is 2.42. The summed E-state index contributed by atoms with van der Waals surface area (Å²) in [4.78, 5) is 0. The number of hydrogen-bond donors (Lipinski definition) is 1. The van der Waals surface area contributed by atoms with Gasteiger partial charge in [0.05, 0.1) is 19.0 Å². The Balaban J connectivity index is 1.64. The van der Waals surface area contributed by atoms with Crippen LogP contribution in [-0.2, 0) is 25.2 Å². The van der Waals surface area contributed by atoms with E-state index in [2.05, 4.69) is 0 Å². The molecule has 1 spiro atoms. The van der Waals surface area contributed by atoms with Gasteiger partial charge in [0, 0.05) is 31.6 Å². The van der Waals surface area contributed by atoms with E-state index in [4.69, 9.17) is 15.2 Å². The zero-order chi connectivity index (χ0) is 14.9. The van der Waals surface area contributed by atoms with E-state index < -0.39 is 15.8 Å². The van der Waals surface area contributed by atoms with Gasteiger partial charge >= 0.3 is 0 Å². The van der Waals surface area contributed by atoms with Crippen LogP contribution in [0.1, 0.15) is 18.4 Å². The molecular weight excluding hydrogens is 292 g/mol. The Hall–Kier alpha value is -1.15. The maximum atomic E-state index is 12.5.